The van der Waals surface area contributed by atoms with Gasteiger partial charge in [-0.1, -0.05) is 0 Å². The summed E-state index contributed by atoms with van der Waals surface area (Å²) >= 11 is 1.45. The fourth-order valence-electron chi connectivity index (χ4n) is 2.27. The monoisotopic (exact) mass is 317 g/mol. The molecule has 0 radical (unpaired) electrons. The van der Waals surface area contributed by atoms with Crippen LogP contribution < -0.4 is 0 Å². The van der Waals surface area contributed by atoms with Crippen LogP contribution in [0.25, 0.3) is 27.4 Å². The van der Waals surface area contributed by atoms with Crippen molar-refractivity contribution in [3.63, 3.8) is 0 Å². The molecular weight excluding hydrogens is 308 g/mol. The predicted octanol–water partition coefficient (Wildman–Crippen LogP) is 3.65. The first-order valence-electron chi connectivity index (χ1n) is 6.47. The van der Waals surface area contributed by atoms with Gasteiger partial charge in [0.25, 0.3) is 6.43 Å². The van der Waals surface area contributed by atoms with Gasteiger partial charge in [-0.05, 0) is 24.4 Å². The summed E-state index contributed by atoms with van der Waals surface area (Å²) in [7, 11) is 0. The van der Waals surface area contributed by atoms with E-state index in [0.29, 0.717) is 17.1 Å². The second-order valence-corrected chi connectivity index (χ2v) is 5.70. The maximum Gasteiger partial charge on any atom is 0.267 e. The minimum atomic E-state index is -2.63. The molecule has 0 amide bonds. The van der Waals surface area contributed by atoms with Crippen LogP contribution in [0, 0.1) is 6.92 Å². The van der Waals surface area contributed by atoms with Crippen LogP contribution in [0.3, 0.4) is 0 Å². The third kappa shape index (κ3) is 2.03. The molecule has 4 aromatic heterocycles. The van der Waals surface area contributed by atoms with E-state index in [1.165, 1.54) is 21.9 Å². The zero-order valence-corrected chi connectivity index (χ0v) is 12.2. The first-order valence-corrected chi connectivity index (χ1v) is 7.35. The molecule has 0 aromatic carbocycles. The van der Waals surface area contributed by atoms with E-state index in [1.807, 2.05) is 11.4 Å². The van der Waals surface area contributed by atoms with Crippen LogP contribution in [0.15, 0.2) is 29.9 Å². The highest BCUT2D eigenvalue weighted by molar-refractivity contribution is 7.16. The van der Waals surface area contributed by atoms with E-state index in [2.05, 4.69) is 20.1 Å². The van der Waals surface area contributed by atoms with Crippen LogP contribution >= 0.6 is 11.3 Å². The highest BCUT2D eigenvalue weighted by Gasteiger charge is 2.18. The first kappa shape index (κ1) is 13.2. The molecule has 0 aliphatic rings. The molecule has 0 unspecified atom stereocenters. The Morgan fingerprint density at radius 3 is 2.91 bits per heavy atom. The molecule has 0 aliphatic carbocycles. The van der Waals surface area contributed by atoms with Crippen molar-refractivity contribution in [1.82, 2.24) is 24.6 Å². The van der Waals surface area contributed by atoms with Crippen LogP contribution in [0.4, 0.5) is 8.78 Å². The fraction of sp³-hybridized carbons (Fsp3) is 0.143. The van der Waals surface area contributed by atoms with Crippen molar-refractivity contribution in [3.8, 4) is 11.4 Å². The van der Waals surface area contributed by atoms with Crippen molar-refractivity contribution in [1.29, 1.82) is 0 Å². The largest absolute Gasteiger partial charge is 0.267 e. The van der Waals surface area contributed by atoms with Crippen molar-refractivity contribution < 1.29 is 8.78 Å². The summed E-state index contributed by atoms with van der Waals surface area (Å²) in [5.74, 6) is 0. The lowest BCUT2D eigenvalue weighted by Gasteiger charge is -2.06. The normalized spacial score (nSPS) is 11.8. The van der Waals surface area contributed by atoms with Crippen LogP contribution in [-0.4, -0.2) is 24.6 Å². The third-order valence-corrected chi connectivity index (χ3v) is 4.04. The molecular formula is C14H9F2N5S. The van der Waals surface area contributed by atoms with Gasteiger partial charge in [-0.3, -0.25) is 4.98 Å². The lowest BCUT2D eigenvalue weighted by molar-refractivity contribution is 0.152. The Labute approximate surface area is 127 Å². The molecule has 0 N–H and O–H groups in total. The standard InChI is InChI=1S/C14H9F2N5S/c1-7-6-21-13(18-7)8(12(15)16)4-10(20-21)11-5-17-9-2-3-22-14(9)19-11/h2-6,12H,1H3. The number of nitrogens with zero attached hydrogens (tertiary/aromatic N) is 5. The number of fused-ring (bicyclic) bond motifs is 2. The Morgan fingerprint density at radius 2 is 2.09 bits per heavy atom. The van der Waals surface area contributed by atoms with Gasteiger partial charge in [0.15, 0.2) is 5.65 Å². The fourth-order valence-corrected chi connectivity index (χ4v) is 2.99. The summed E-state index contributed by atoms with van der Waals surface area (Å²) in [5.41, 5.74) is 2.23. The highest BCUT2D eigenvalue weighted by atomic mass is 32.1. The van der Waals surface area contributed by atoms with Gasteiger partial charge in [-0.25, -0.2) is 23.3 Å². The van der Waals surface area contributed by atoms with Crippen molar-refractivity contribution in [2.24, 2.45) is 0 Å². The first-order chi connectivity index (χ1) is 10.6. The second-order valence-electron chi connectivity index (χ2n) is 4.80. The average Bonchev–Trinajstić information content (AvgIpc) is 3.09. The van der Waals surface area contributed by atoms with Gasteiger partial charge in [-0.2, -0.15) is 5.10 Å². The summed E-state index contributed by atoms with van der Waals surface area (Å²) in [4.78, 5) is 13.6. The second kappa shape index (κ2) is 4.77. The van der Waals surface area contributed by atoms with Crippen LogP contribution in [0.2, 0.25) is 0 Å². The number of aromatic nitrogens is 5. The van der Waals surface area contributed by atoms with E-state index in [-0.39, 0.29) is 11.2 Å². The van der Waals surface area contributed by atoms with Crippen LogP contribution in [0.1, 0.15) is 17.7 Å². The zero-order chi connectivity index (χ0) is 15.3. The van der Waals surface area contributed by atoms with Crippen molar-refractivity contribution in [2.75, 3.05) is 0 Å². The molecule has 0 spiro atoms. The molecule has 8 heteroatoms. The molecule has 5 nitrogen and oxygen atoms in total. The highest BCUT2D eigenvalue weighted by Crippen LogP contribution is 2.28. The van der Waals surface area contributed by atoms with Crippen LogP contribution in [0.5, 0.6) is 0 Å². The summed E-state index contributed by atoms with van der Waals surface area (Å²) in [6, 6.07) is 3.19. The lowest BCUT2D eigenvalue weighted by Crippen LogP contribution is -2.00. The molecule has 0 fully saturated rings. The van der Waals surface area contributed by atoms with E-state index in [9.17, 15) is 8.78 Å². The topological polar surface area (TPSA) is 56.0 Å². The van der Waals surface area contributed by atoms with Gasteiger partial charge in [-0.15, -0.1) is 11.3 Å². The van der Waals surface area contributed by atoms with E-state index in [0.717, 1.165) is 10.3 Å². The smallest absolute Gasteiger partial charge is 0.251 e. The number of thiophene rings is 1. The van der Waals surface area contributed by atoms with Gasteiger partial charge in [0.1, 0.15) is 16.2 Å². The molecule has 4 aromatic rings. The van der Waals surface area contributed by atoms with Gasteiger partial charge < -0.3 is 0 Å². The van der Waals surface area contributed by atoms with Crippen molar-refractivity contribution in [2.45, 2.75) is 13.3 Å². The SMILES string of the molecule is Cc1cn2nc(-c3cnc4ccsc4n3)cc(C(F)F)c2n1. The number of alkyl halides is 2. The lowest BCUT2D eigenvalue weighted by atomic mass is 10.2. The molecule has 4 heterocycles. The maximum absolute atomic E-state index is 13.3. The van der Waals surface area contributed by atoms with Gasteiger partial charge in [0, 0.05) is 0 Å². The Balaban J connectivity index is 1.97. The number of imidazole rings is 1. The van der Waals surface area contributed by atoms with Gasteiger partial charge in [0.2, 0.25) is 0 Å². The Morgan fingerprint density at radius 1 is 1.23 bits per heavy atom. The molecule has 0 aliphatic heterocycles. The summed E-state index contributed by atoms with van der Waals surface area (Å²) in [6.45, 7) is 1.74. The minimum absolute atomic E-state index is 0.161. The average molecular weight is 317 g/mol. The number of rotatable bonds is 2. The molecule has 0 saturated carbocycles. The number of hydrogen-bond donors (Lipinski definition) is 0. The minimum Gasteiger partial charge on any atom is -0.251 e. The quantitative estimate of drug-likeness (QED) is 0.566. The number of hydrogen-bond acceptors (Lipinski definition) is 5. The molecule has 110 valence electrons. The molecule has 22 heavy (non-hydrogen) atoms. The zero-order valence-electron chi connectivity index (χ0n) is 11.4. The molecule has 0 atom stereocenters. The van der Waals surface area contributed by atoms with Crippen molar-refractivity contribution in [3.05, 3.63) is 41.2 Å². The number of halogens is 2. The number of aryl methyl sites for hydroxylation is 1. The molecule has 0 saturated heterocycles. The van der Waals surface area contributed by atoms with Crippen LogP contribution in [-0.2, 0) is 0 Å². The van der Waals surface area contributed by atoms with E-state index in [4.69, 9.17) is 0 Å². The van der Waals surface area contributed by atoms with Gasteiger partial charge in [0.05, 0.1) is 29.2 Å². The van der Waals surface area contributed by atoms with E-state index < -0.39 is 6.43 Å². The Hall–Kier alpha value is -2.48. The van der Waals surface area contributed by atoms with Crippen molar-refractivity contribution >= 4 is 27.3 Å². The van der Waals surface area contributed by atoms with E-state index >= 15 is 0 Å². The maximum atomic E-state index is 13.3. The van der Waals surface area contributed by atoms with E-state index in [1.54, 1.807) is 19.3 Å². The predicted molar refractivity (Wildman–Crippen MR) is 79.1 cm³/mol. The summed E-state index contributed by atoms with van der Waals surface area (Å²) in [6.07, 6.45) is 0.522. The Kier molecular flexibility index (Phi) is 2.86. The summed E-state index contributed by atoms with van der Waals surface area (Å²) in [5, 5.41) is 6.21. The molecule has 4 rings (SSSR count). The van der Waals surface area contributed by atoms with Gasteiger partial charge >= 0.3 is 0 Å². The summed E-state index contributed by atoms with van der Waals surface area (Å²) < 4.78 is 27.9. The Bertz CT molecular complexity index is 991. The third-order valence-electron chi connectivity index (χ3n) is 3.24. The molecule has 0 bridgehead atoms.